The minimum Gasteiger partial charge on any atom is -0.355 e. The molecule has 19 heavy (non-hydrogen) atoms. The molecular formula is C14H22BrClN2O. The molecular weight excluding hydrogens is 328 g/mol. The van der Waals surface area contributed by atoms with Crippen LogP contribution in [0.25, 0.3) is 0 Å². The van der Waals surface area contributed by atoms with Gasteiger partial charge in [-0.25, -0.2) is 0 Å². The minimum absolute atomic E-state index is 0. The van der Waals surface area contributed by atoms with E-state index in [1.807, 2.05) is 19.1 Å². The fourth-order valence-electron chi connectivity index (χ4n) is 1.59. The number of rotatable bonds is 5. The molecule has 0 aliphatic carbocycles. The Hall–Kier alpha value is -0.580. The quantitative estimate of drug-likeness (QED) is 0.859. The Kier molecular flexibility index (Phi) is 7.64. The molecule has 0 radical (unpaired) electrons. The summed E-state index contributed by atoms with van der Waals surface area (Å²) in [4.78, 5) is 11.7. The van der Waals surface area contributed by atoms with Crippen molar-refractivity contribution in [3.8, 4) is 0 Å². The summed E-state index contributed by atoms with van der Waals surface area (Å²) in [7, 11) is 0. The lowest BCUT2D eigenvalue weighted by Gasteiger charge is -2.26. The fraction of sp³-hybridized carbons (Fsp3) is 0.500. The van der Waals surface area contributed by atoms with E-state index in [0.29, 0.717) is 13.1 Å². The van der Waals surface area contributed by atoms with Gasteiger partial charge in [-0.2, -0.15) is 0 Å². The molecule has 0 spiro atoms. The van der Waals surface area contributed by atoms with E-state index in [9.17, 15) is 4.79 Å². The van der Waals surface area contributed by atoms with Crippen LogP contribution in [0.2, 0.25) is 0 Å². The van der Waals surface area contributed by atoms with E-state index >= 15 is 0 Å². The van der Waals surface area contributed by atoms with E-state index in [1.54, 1.807) is 0 Å². The van der Waals surface area contributed by atoms with Gasteiger partial charge in [-0.3, -0.25) is 4.79 Å². The third kappa shape index (κ3) is 5.51. The molecule has 0 bridgehead atoms. The largest absolute Gasteiger partial charge is 0.355 e. The fourth-order valence-corrected chi connectivity index (χ4v) is 1.86. The zero-order valence-electron chi connectivity index (χ0n) is 11.6. The molecule has 1 rings (SSSR count). The maximum absolute atomic E-state index is 11.7. The molecule has 0 heterocycles. The molecule has 3 N–H and O–H groups in total. The highest BCUT2D eigenvalue weighted by Crippen LogP contribution is 2.24. The summed E-state index contributed by atoms with van der Waals surface area (Å²) in [5.74, 6) is -0.117. The molecule has 0 saturated heterocycles. The maximum Gasteiger partial charge on any atom is 0.224 e. The van der Waals surface area contributed by atoms with Gasteiger partial charge in [-0.15, -0.1) is 12.4 Å². The summed E-state index contributed by atoms with van der Waals surface area (Å²) in [6.07, 6.45) is 0. The molecule has 108 valence electrons. The summed E-state index contributed by atoms with van der Waals surface area (Å²) in [5, 5.41) is 2.96. The van der Waals surface area contributed by atoms with Crippen molar-refractivity contribution in [1.82, 2.24) is 5.32 Å². The maximum atomic E-state index is 11.7. The van der Waals surface area contributed by atoms with Crippen LogP contribution in [0, 0.1) is 5.92 Å². The van der Waals surface area contributed by atoms with Crippen molar-refractivity contribution >= 4 is 34.2 Å². The number of benzene rings is 1. The lowest BCUT2D eigenvalue weighted by atomic mass is 9.84. The van der Waals surface area contributed by atoms with Crippen molar-refractivity contribution in [1.29, 1.82) is 0 Å². The zero-order valence-corrected chi connectivity index (χ0v) is 14.0. The summed E-state index contributed by atoms with van der Waals surface area (Å²) in [6, 6.07) is 8.17. The Bertz CT molecular complexity index is 406. The van der Waals surface area contributed by atoms with Crippen molar-refractivity contribution < 1.29 is 4.79 Å². The first-order valence-corrected chi connectivity index (χ1v) is 6.90. The van der Waals surface area contributed by atoms with Crippen LogP contribution in [-0.2, 0) is 10.2 Å². The number of hydrogen-bond acceptors (Lipinski definition) is 2. The number of amides is 1. The van der Waals surface area contributed by atoms with Crippen molar-refractivity contribution in [3.05, 3.63) is 34.3 Å². The number of carbonyl (C=O) groups excluding carboxylic acids is 1. The Balaban J connectivity index is 0.00000324. The Labute approximate surface area is 129 Å². The summed E-state index contributed by atoms with van der Waals surface area (Å²) in [5.41, 5.74) is 6.58. The molecule has 0 fully saturated rings. The number of carbonyl (C=O) groups is 1. The van der Waals surface area contributed by atoms with E-state index in [-0.39, 0.29) is 29.6 Å². The predicted molar refractivity (Wildman–Crippen MR) is 85.6 cm³/mol. The van der Waals surface area contributed by atoms with Crippen molar-refractivity contribution in [2.45, 2.75) is 26.2 Å². The molecule has 0 saturated carbocycles. The van der Waals surface area contributed by atoms with Gasteiger partial charge in [0.2, 0.25) is 5.91 Å². The molecule has 0 aromatic heterocycles. The third-order valence-corrected chi connectivity index (χ3v) is 3.66. The first-order chi connectivity index (χ1) is 8.36. The smallest absolute Gasteiger partial charge is 0.224 e. The Morgan fingerprint density at radius 3 is 2.37 bits per heavy atom. The van der Waals surface area contributed by atoms with Gasteiger partial charge in [0.15, 0.2) is 0 Å². The van der Waals surface area contributed by atoms with Gasteiger partial charge < -0.3 is 11.1 Å². The number of hydrogen-bond donors (Lipinski definition) is 2. The predicted octanol–water partition coefficient (Wildman–Crippen LogP) is 2.86. The van der Waals surface area contributed by atoms with Crippen LogP contribution < -0.4 is 11.1 Å². The van der Waals surface area contributed by atoms with Gasteiger partial charge >= 0.3 is 0 Å². The summed E-state index contributed by atoms with van der Waals surface area (Å²) in [6.45, 7) is 7.05. The van der Waals surface area contributed by atoms with Crippen LogP contribution in [0.1, 0.15) is 26.3 Å². The average molecular weight is 350 g/mol. The minimum atomic E-state index is -0.134. The van der Waals surface area contributed by atoms with E-state index in [2.05, 4.69) is 47.2 Å². The van der Waals surface area contributed by atoms with Gasteiger partial charge in [-0.1, -0.05) is 48.8 Å². The van der Waals surface area contributed by atoms with Gasteiger partial charge in [0.1, 0.15) is 0 Å². The highest BCUT2D eigenvalue weighted by Gasteiger charge is 2.22. The lowest BCUT2D eigenvalue weighted by molar-refractivity contribution is -0.124. The Morgan fingerprint density at radius 1 is 1.37 bits per heavy atom. The van der Waals surface area contributed by atoms with Crippen LogP contribution in [0.3, 0.4) is 0 Å². The zero-order chi connectivity index (χ0) is 13.8. The summed E-state index contributed by atoms with van der Waals surface area (Å²) >= 11 is 3.42. The van der Waals surface area contributed by atoms with Crippen LogP contribution >= 0.6 is 28.3 Å². The van der Waals surface area contributed by atoms with Crippen molar-refractivity contribution in [2.75, 3.05) is 13.1 Å². The monoisotopic (exact) mass is 348 g/mol. The van der Waals surface area contributed by atoms with Crippen LogP contribution in [0.4, 0.5) is 0 Å². The molecule has 0 aliphatic heterocycles. The molecule has 1 unspecified atom stereocenters. The number of nitrogens with one attached hydrogen (secondary N) is 1. The van der Waals surface area contributed by atoms with E-state index in [4.69, 9.17) is 5.73 Å². The molecule has 3 nitrogen and oxygen atoms in total. The first-order valence-electron chi connectivity index (χ1n) is 6.10. The second-order valence-corrected chi connectivity index (χ2v) is 6.16. The molecule has 5 heteroatoms. The summed E-state index contributed by atoms with van der Waals surface area (Å²) < 4.78 is 1.06. The van der Waals surface area contributed by atoms with Crippen LogP contribution in [0.15, 0.2) is 28.7 Å². The number of halogens is 2. The van der Waals surface area contributed by atoms with Gasteiger partial charge in [0.25, 0.3) is 0 Å². The van der Waals surface area contributed by atoms with E-state index < -0.39 is 0 Å². The van der Waals surface area contributed by atoms with E-state index in [1.165, 1.54) is 5.56 Å². The molecule has 1 atom stereocenters. The SMILES string of the molecule is CC(CN)C(=O)NCC(C)(C)c1ccc(Br)cc1.Cl. The number of nitrogens with two attached hydrogens (primary N) is 1. The van der Waals surface area contributed by atoms with E-state index in [0.717, 1.165) is 4.47 Å². The Morgan fingerprint density at radius 2 is 1.89 bits per heavy atom. The standard InChI is InChI=1S/C14H21BrN2O.ClH/c1-10(8-16)13(18)17-9-14(2,3)11-4-6-12(15)7-5-11;/h4-7,10H,8-9,16H2,1-3H3,(H,17,18);1H. The first kappa shape index (κ1) is 18.4. The van der Waals surface area contributed by atoms with Crippen LogP contribution in [-0.4, -0.2) is 19.0 Å². The molecule has 1 aromatic carbocycles. The van der Waals surface area contributed by atoms with Crippen molar-refractivity contribution in [3.63, 3.8) is 0 Å². The third-order valence-electron chi connectivity index (χ3n) is 3.13. The highest BCUT2D eigenvalue weighted by atomic mass is 79.9. The van der Waals surface area contributed by atoms with Gasteiger partial charge in [-0.05, 0) is 17.7 Å². The second kappa shape index (κ2) is 7.88. The second-order valence-electron chi connectivity index (χ2n) is 5.25. The van der Waals surface area contributed by atoms with Gasteiger partial charge in [0, 0.05) is 28.9 Å². The average Bonchev–Trinajstić information content (AvgIpc) is 2.35. The van der Waals surface area contributed by atoms with Crippen LogP contribution in [0.5, 0.6) is 0 Å². The lowest BCUT2D eigenvalue weighted by Crippen LogP contribution is -2.40. The molecule has 1 aromatic rings. The molecule has 0 aliphatic rings. The molecule has 1 amide bonds. The highest BCUT2D eigenvalue weighted by molar-refractivity contribution is 9.10. The van der Waals surface area contributed by atoms with Crippen molar-refractivity contribution in [2.24, 2.45) is 11.7 Å². The van der Waals surface area contributed by atoms with Gasteiger partial charge in [0.05, 0.1) is 0 Å². The topological polar surface area (TPSA) is 55.1 Å². The normalized spacial score (nSPS) is 12.5.